The zero-order valence-electron chi connectivity index (χ0n) is 16.5. The van der Waals surface area contributed by atoms with E-state index in [1.54, 1.807) is 12.1 Å². The summed E-state index contributed by atoms with van der Waals surface area (Å²) in [4.78, 5) is 24.6. The van der Waals surface area contributed by atoms with Gasteiger partial charge >= 0.3 is 11.9 Å². The van der Waals surface area contributed by atoms with Crippen molar-refractivity contribution in [1.82, 2.24) is 0 Å². The molecule has 1 aliphatic rings. The van der Waals surface area contributed by atoms with E-state index in [-0.39, 0.29) is 22.7 Å². The second-order valence-corrected chi connectivity index (χ2v) is 9.45. The minimum Gasteiger partial charge on any atom is -0.389 e. The Morgan fingerprint density at radius 2 is 1.40 bits per heavy atom. The van der Waals surface area contributed by atoms with Gasteiger partial charge in [-0.05, 0) is 60.1 Å². The van der Waals surface area contributed by atoms with Gasteiger partial charge in [0.2, 0.25) is 0 Å². The van der Waals surface area contributed by atoms with Crippen molar-refractivity contribution < 1.29 is 14.3 Å². The van der Waals surface area contributed by atoms with Gasteiger partial charge in [-0.15, -0.1) is 0 Å². The van der Waals surface area contributed by atoms with E-state index in [2.05, 4.69) is 41.5 Å². The fourth-order valence-electron chi connectivity index (χ4n) is 3.54. The van der Waals surface area contributed by atoms with Gasteiger partial charge in [0.05, 0.1) is 11.5 Å². The molecule has 0 amide bonds. The lowest BCUT2D eigenvalue weighted by Gasteiger charge is -2.36. The fourth-order valence-corrected chi connectivity index (χ4v) is 3.54. The summed E-state index contributed by atoms with van der Waals surface area (Å²) < 4.78 is 5.14. The van der Waals surface area contributed by atoms with Crippen molar-refractivity contribution in [1.29, 1.82) is 0 Å². The SMILES string of the molecule is CC(C)(C)c1ccc(C(=O)OC(=O)C2CCC(C(C)(C)C)CC2)cc1. The molecule has 0 saturated heterocycles. The van der Waals surface area contributed by atoms with Crippen LogP contribution in [0.4, 0.5) is 0 Å². The maximum absolute atomic E-state index is 12.3. The molecule has 1 aromatic rings. The van der Waals surface area contributed by atoms with E-state index >= 15 is 0 Å². The molecule has 2 rings (SSSR count). The molecule has 1 aromatic carbocycles. The molecule has 0 unspecified atom stereocenters. The Balaban J connectivity index is 1.92. The van der Waals surface area contributed by atoms with Crippen molar-refractivity contribution in [2.75, 3.05) is 0 Å². The van der Waals surface area contributed by atoms with E-state index in [1.807, 2.05) is 12.1 Å². The summed E-state index contributed by atoms with van der Waals surface area (Å²) in [6.45, 7) is 13.1. The molecular weight excluding hydrogens is 312 g/mol. The molecule has 3 heteroatoms. The number of carbonyl (C=O) groups excluding carboxylic acids is 2. The van der Waals surface area contributed by atoms with Gasteiger partial charge in [0.25, 0.3) is 0 Å². The van der Waals surface area contributed by atoms with E-state index in [0.717, 1.165) is 31.2 Å². The van der Waals surface area contributed by atoms with Gasteiger partial charge in [0.15, 0.2) is 0 Å². The molecule has 1 saturated carbocycles. The Kier molecular flexibility index (Phi) is 5.75. The topological polar surface area (TPSA) is 43.4 Å². The highest BCUT2D eigenvalue weighted by molar-refractivity contribution is 5.97. The van der Waals surface area contributed by atoms with Crippen molar-refractivity contribution >= 4 is 11.9 Å². The lowest BCUT2D eigenvalue weighted by molar-refractivity contribution is -0.144. The van der Waals surface area contributed by atoms with Gasteiger partial charge in [0.1, 0.15) is 0 Å². The predicted molar refractivity (Wildman–Crippen MR) is 100 cm³/mol. The summed E-state index contributed by atoms with van der Waals surface area (Å²) in [6.07, 6.45) is 3.68. The Hall–Kier alpha value is -1.64. The zero-order chi connectivity index (χ0) is 18.8. The Bertz CT molecular complexity index is 606. The van der Waals surface area contributed by atoms with Crippen molar-refractivity contribution in [3.05, 3.63) is 35.4 Å². The average Bonchev–Trinajstić information content (AvgIpc) is 2.53. The van der Waals surface area contributed by atoms with Crippen LogP contribution in [0.2, 0.25) is 0 Å². The summed E-state index contributed by atoms with van der Waals surface area (Å²) in [5.74, 6) is -0.408. The summed E-state index contributed by atoms with van der Waals surface area (Å²) in [6, 6.07) is 7.34. The molecule has 25 heavy (non-hydrogen) atoms. The molecule has 3 nitrogen and oxygen atoms in total. The second kappa shape index (κ2) is 7.31. The van der Waals surface area contributed by atoms with Crippen LogP contribution in [0, 0.1) is 17.3 Å². The molecule has 0 aliphatic heterocycles. The third kappa shape index (κ3) is 5.17. The van der Waals surface area contributed by atoms with Crippen LogP contribution in [0.1, 0.15) is 83.1 Å². The lowest BCUT2D eigenvalue weighted by atomic mass is 9.70. The van der Waals surface area contributed by atoms with Crippen molar-refractivity contribution in [2.24, 2.45) is 17.3 Å². The average molecular weight is 344 g/mol. The number of rotatable bonds is 2. The summed E-state index contributed by atoms with van der Waals surface area (Å²) in [7, 11) is 0. The molecule has 1 fully saturated rings. The number of esters is 2. The molecule has 0 heterocycles. The van der Waals surface area contributed by atoms with Crippen LogP contribution < -0.4 is 0 Å². The standard InChI is InChI=1S/C22H32O3/c1-21(2,3)17-11-7-15(8-12-17)19(23)25-20(24)16-9-13-18(14-10-16)22(4,5)6/h7-8,11-12,16,18H,9-10,13-14H2,1-6H3. The first-order valence-corrected chi connectivity index (χ1v) is 9.35. The number of carbonyl (C=O) groups is 2. The highest BCUT2D eigenvalue weighted by atomic mass is 16.6. The number of hydrogen-bond donors (Lipinski definition) is 0. The van der Waals surface area contributed by atoms with Crippen molar-refractivity contribution in [2.45, 2.75) is 72.6 Å². The van der Waals surface area contributed by atoms with Gasteiger partial charge in [-0.25, -0.2) is 4.79 Å². The van der Waals surface area contributed by atoms with E-state index in [0.29, 0.717) is 11.5 Å². The zero-order valence-corrected chi connectivity index (χ0v) is 16.5. The minimum absolute atomic E-state index is 0.0317. The highest BCUT2D eigenvalue weighted by Gasteiger charge is 2.33. The first-order chi connectivity index (χ1) is 11.5. The predicted octanol–water partition coefficient (Wildman–Crippen LogP) is 5.52. The highest BCUT2D eigenvalue weighted by Crippen LogP contribution is 2.40. The first-order valence-electron chi connectivity index (χ1n) is 9.35. The van der Waals surface area contributed by atoms with Crippen LogP contribution in [0.15, 0.2) is 24.3 Å². The molecule has 0 N–H and O–H groups in total. The number of hydrogen-bond acceptors (Lipinski definition) is 3. The third-order valence-electron chi connectivity index (χ3n) is 5.47. The van der Waals surface area contributed by atoms with E-state index in [9.17, 15) is 9.59 Å². The monoisotopic (exact) mass is 344 g/mol. The largest absolute Gasteiger partial charge is 0.389 e. The van der Waals surface area contributed by atoms with Crippen LogP contribution in [0.3, 0.4) is 0 Å². The third-order valence-corrected chi connectivity index (χ3v) is 5.47. The quantitative estimate of drug-likeness (QED) is 0.524. The van der Waals surface area contributed by atoms with Gasteiger partial charge in [-0.2, -0.15) is 0 Å². The Labute approximate surface area is 152 Å². The molecule has 0 atom stereocenters. The molecule has 0 radical (unpaired) electrons. The fraction of sp³-hybridized carbons (Fsp3) is 0.636. The smallest absolute Gasteiger partial charge is 0.345 e. The molecule has 0 bridgehead atoms. The molecular formula is C22H32O3. The van der Waals surface area contributed by atoms with E-state index < -0.39 is 5.97 Å². The van der Waals surface area contributed by atoms with Gasteiger partial charge in [-0.3, -0.25) is 4.79 Å². The molecule has 138 valence electrons. The Morgan fingerprint density at radius 1 is 0.880 bits per heavy atom. The molecule has 0 aromatic heterocycles. The van der Waals surface area contributed by atoms with Crippen LogP contribution in [0.25, 0.3) is 0 Å². The summed E-state index contributed by atoms with van der Waals surface area (Å²) in [5, 5.41) is 0. The lowest BCUT2D eigenvalue weighted by Crippen LogP contribution is -2.30. The van der Waals surface area contributed by atoms with Gasteiger partial charge in [-0.1, -0.05) is 53.7 Å². The van der Waals surface area contributed by atoms with Crippen LogP contribution >= 0.6 is 0 Å². The molecule has 0 spiro atoms. The normalized spacial score (nSPS) is 21.7. The number of benzene rings is 1. The summed E-state index contributed by atoms with van der Waals surface area (Å²) in [5.41, 5.74) is 1.89. The van der Waals surface area contributed by atoms with Crippen LogP contribution in [0.5, 0.6) is 0 Å². The van der Waals surface area contributed by atoms with E-state index in [4.69, 9.17) is 4.74 Å². The Morgan fingerprint density at radius 3 is 1.84 bits per heavy atom. The first kappa shape index (κ1) is 19.7. The van der Waals surface area contributed by atoms with Crippen LogP contribution in [-0.4, -0.2) is 11.9 Å². The maximum Gasteiger partial charge on any atom is 0.345 e. The molecule has 1 aliphatic carbocycles. The minimum atomic E-state index is -0.539. The number of ether oxygens (including phenoxy) is 1. The van der Waals surface area contributed by atoms with Crippen LogP contribution in [-0.2, 0) is 14.9 Å². The van der Waals surface area contributed by atoms with Gasteiger partial charge in [0, 0.05) is 0 Å². The van der Waals surface area contributed by atoms with Gasteiger partial charge < -0.3 is 4.74 Å². The van der Waals surface area contributed by atoms with Crippen molar-refractivity contribution in [3.8, 4) is 0 Å². The maximum atomic E-state index is 12.3. The van der Waals surface area contributed by atoms with Crippen molar-refractivity contribution in [3.63, 3.8) is 0 Å². The van der Waals surface area contributed by atoms with E-state index in [1.165, 1.54) is 0 Å². The second-order valence-electron chi connectivity index (χ2n) is 9.45. The summed E-state index contributed by atoms with van der Waals surface area (Å²) >= 11 is 0.